The SMILES string of the molecule is C[C@@H]([NH3+])C(=O)N[C@H](C)C(=O)Nc1ccc2ccccc2c1. The molecule has 0 bridgehead atoms. The van der Waals surface area contributed by atoms with E-state index in [9.17, 15) is 9.59 Å². The summed E-state index contributed by atoms with van der Waals surface area (Å²) in [5.74, 6) is -0.490. The topological polar surface area (TPSA) is 85.8 Å². The lowest BCUT2D eigenvalue weighted by atomic mass is 10.1. The van der Waals surface area contributed by atoms with Crippen LogP contribution < -0.4 is 16.4 Å². The Morgan fingerprint density at radius 2 is 1.67 bits per heavy atom. The third-order valence-corrected chi connectivity index (χ3v) is 3.22. The molecular weight excluding hydrogens is 266 g/mol. The minimum Gasteiger partial charge on any atom is -0.348 e. The Labute approximate surface area is 123 Å². The molecule has 0 saturated heterocycles. The predicted molar refractivity (Wildman–Crippen MR) is 82.5 cm³/mol. The molecule has 0 radical (unpaired) electrons. The van der Waals surface area contributed by atoms with E-state index in [0.29, 0.717) is 5.69 Å². The number of benzene rings is 2. The second-order valence-electron chi connectivity index (χ2n) is 5.18. The molecule has 0 aliphatic heterocycles. The fourth-order valence-electron chi connectivity index (χ4n) is 1.94. The van der Waals surface area contributed by atoms with Gasteiger partial charge in [0.05, 0.1) is 0 Å². The highest BCUT2D eigenvalue weighted by molar-refractivity contribution is 5.99. The number of carbonyl (C=O) groups is 2. The summed E-state index contributed by atoms with van der Waals surface area (Å²) in [6.07, 6.45) is 0. The molecule has 2 amide bonds. The van der Waals surface area contributed by atoms with Gasteiger partial charge in [-0.25, -0.2) is 0 Å². The van der Waals surface area contributed by atoms with Gasteiger partial charge in [0, 0.05) is 5.69 Å². The Morgan fingerprint density at radius 3 is 2.33 bits per heavy atom. The quantitative estimate of drug-likeness (QED) is 0.780. The maximum Gasteiger partial charge on any atom is 0.278 e. The van der Waals surface area contributed by atoms with Crippen molar-refractivity contribution < 1.29 is 15.3 Å². The molecule has 2 atom stereocenters. The van der Waals surface area contributed by atoms with Crippen molar-refractivity contribution in [3.05, 3.63) is 42.5 Å². The van der Waals surface area contributed by atoms with Crippen LogP contribution in [-0.2, 0) is 9.59 Å². The van der Waals surface area contributed by atoms with Gasteiger partial charge < -0.3 is 16.4 Å². The molecule has 0 heterocycles. The highest BCUT2D eigenvalue weighted by Gasteiger charge is 2.19. The van der Waals surface area contributed by atoms with E-state index in [1.807, 2.05) is 42.5 Å². The first-order valence-corrected chi connectivity index (χ1v) is 6.90. The van der Waals surface area contributed by atoms with Crippen LogP contribution in [0.2, 0.25) is 0 Å². The standard InChI is InChI=1S/C16H19N3O2/c1-10(17)15(20)18-11(2)16(21)19-14-8-7-12-5-3-4-6-13(12)9-14/h3-11H,17H2,1-2H3,(H,18,20)(H,19,21)/p+1/t10-,11-/m1/s1. The van der Waals surface area contributed by atoms with Gasteiger partial charge in [-0.1, -0.05) is 30.3 Å². The van der Waals surface area contributed by atoms with Gasteiger partial charge >= 0.3 is 0 Å². The first kappa shape index (κ1) is 15.0. The van der Waals surface area contributed by atoms with Gasteiger partial charge in [0.1, 0.15) is 6.04 Å². The van der Waals surface area contributed by atoms with Crippen molar-refractivity contribution in [3.8, 4) is 0 Å². The van der Waals surface area contributed by atoms with Crippen LogP contribution in [0.3, 0.4) is 0 Å². The van der Waals surface area contributed by atoms with Crippen molar-refractivity contribution in [2.24, 2.45) is 0 Å². The van der Waals surface area contributed by atoms with Gasteiger partial charge in [0.25, 0.3) is 5.91 Å². The Hall–Kier alpha value is -2.40. The lowest BCUT2D eigenvalue weighted by Crippen LogP contribution is -2.67. The number of amides is 2. The molecule has 0 spiro atoms. The molecule has 0 aromatic heterocycles. The number of fused-ring (bicyclic) bond motifs is 1. The van der Waals surface area contributed by atoms with E-state index in [0.717, 1.165) is 10.8 Å². The molecule has 0 saturated carbocycles. The molecule has 0 unspecified atom stereocenters. The van der Waals surface area contributed by atoms with Crippen LogP contribution in [0.1, 0.15) is 13.8 Å². The number of rotatable bonds is 4. The van der Waals surface area contributed by atoms with E-state index in [1.54, 1.807) is 13.8 Å². The summed E-state index contributed by atoms with van der Waals surface area (Å²) in [7, 11) is 0. The first-order chi connectivity index (χ1) is 9.97. The average Bonchev–Trinajstić information content (AvgIpc) is 2.46. The van der Waals surface area contributed by atoms with Crippen LogP contribution in [0.25, 0.3) is 10.8 Å². The average molecular weight is 286 g/mol. The number of nitrogens with one attached hydrogen (secondary N) is 2. The highest BCUT2D eigenvalue weighted by atomic mass is 16.2. The van der Waals surface area contributed by atoms with E-state index >= 15 is 0 Å². The van der Waals surface area contributed by atoms with E-state index < -0.39 is 6.04 Å². The maximum atomic E-state index is 12.1. The van der Waals surface area contributed by atoms with Crippen LogP contribution >= 0.6 is 0 Å². The van der Waals surface area contributed by atoms with Crippen molar-refractivity contribution in [2.75, 3.05) is 5.32 Å². The fraction of sp³-hybridized carbons (Fsp3) is 0.250. The summed E-state index contributed by atoms with van der Waals surface area (Å²) in [6, 6.07) is 12.6. The molecule has 2 rings (SSSR count). The van der Waals surface area contributed by atoms with Gasteiger partial charge in [-0.05, 0) is 36.8 Å². The number of hydrogen-bond acceptors (Lipinski definition) is 2. The molecule has 21 heavy (non-hydrogen) atoms. The van der Waals surface area contributed by atoms with Crippen LogP contribution in [0, 0.1) is 0 Å². The van der Waals surface area contributed by atoms with E-state index in [4.69, 9.17) is 0 Å². The second kappa shape index (κ2) is 6.37. The van der Waals surface area contributed by atoms with Gasteiger partial charge in [0.15, 0.2) is 6.04 Å². The van der Waals surface area contributed by atoms with Crippen molar-refractivity contribution >= 4 is 28.3 Å². The fourth-order valence-corrected chi connectivity index (χ4v) is 1.94. The molecule has 110 valence electrons. The van der Waals surface area contributed by atoms with Crippen LogP contribution in [0.15, 0.2) is 42.5 Å². The van der Waals surface area contributed by atoms with Gasteiger partial charge in [-0.2, -0.15) is 0 Å². The highest BCUT2D eigenvalue weighted by Crippen LogP contribution is 2.18. The molecule has 0 aliphatic rings. The number of carbonyl (C=O) groups excluding carboxylic acids is 2. The van der Waals surface area contributed by atoms with Crippen molar-refractivity contribution in [1.29, 1.82) is 0 Å². The van der Waals surface area contributed by atoms with Gasteiger partial charge in [-0.3, -0.25) is 9.59 Å². The zero-order valence-electron chi connectivity index (χ0n) is 12.2. The molecular formula is C16H20N3O2+. The third kappa shape index (κ3) is 3.79. The zero-order chi connectivity index (χ0) is 15.4. The monoisotopic (exact) mass is 286 g/mol. The predicted octanol–water partition coefficient (Wildman–Crippen LogP) is 0.913. The summed E-state index contributed by atoms with van der Waals surface area (Å²) in [5.41, 5.74) is 4.34. The summed E-state index contributed by atoms with van der Waals surface area (Å²) in [4.78, 5) is 23.6. The lowest BCUT2D eigenvalue weighted by molar-refractivity contribution is -0.398. The van der Waals surface area contributed by atoms with E-state index in [2.05, 4.69) is 16.4 Å². The normalized spacial score (nSPS) is 13.5. The van der Waals surface area contributed by atoms with E-state index in [-0.39, 0.29) is 17.9 Å². The van der Waals surface area contributed by atoms with Gasteiger partial charge in [0.2, 0.25) is 5.91 Å². The Kier molecular flexibility index (Phi) is 4.55. The van der Waals surface area contributed by atoms with Crippen LogP contribution in [0.5, 0.6) is 0 Å². The summed E-state index contributed by atoms with van der Waals surface area (Å²) in [6.45, 7) is 3.33. The van der Waals surface area contributed by atoms with E-state index in [1.165, 1.54) is 0 Å². The smallest absolute Gasteiger partial charge is 0.278 e. The van der Waals surface area contributed by atoms with Crippen LogP contribution in [-0.4, -0.2) is 23.9 Å². The summed E-state index contributed by atoms with van der Waals surface area (Å²) < 4.78 is 0. The summed E-state index contributed by atoms with van der Waals surface area (Å²) in [5, 5.41) is 7.59. The van der Waals surface area contributed by atoms with Gasteiger partial charge in [-0.15, -0.1) is 0 Å². The number of anilines is 1. The van der Waals surface area contributed by atoms with Crippen molar-refractivity contribution in [2.45, 2.75) is 25.9 Å². The number of hydrogen-bond donors (Lipinski definition) is 3. The molecule has 2 aromatic rings. The molecule has 5 N–H and O–H groups in total. The Balaban J connectivity index is 2.05. The second-order valence-corrected chi connectivity index (χ2v) is 5.18. The van der Waals surface area contributed by atoms with Crippen molar-refractivity contribution in [3.63, 3.8) is 0 Å². The summed E-state index contributed by atoms with van der Waals surface area (Å²) >= 11 is 0. The molecule has 5 nitrogen and oxygen atoms in total. The Bertz CT molecular complexity index is 667. The number of quaternary nitrogens is 1. The molecule has 2 aromatic carbocycles. The zero-order valence-corrected chi connectivity index (χ0v) is 12.2. The van der Waals surface area contributed by atoms with Crippen molar-refractivity contribution in [1.82, 2.24) is 5.32 Å². The molecule has 0 fully saturated rings. The maximum absolute atomic E-state index is 12.1. The lowest BCUT2D eigenvalue weighted by Gasteiger charge is -2.14. The largest absolute Gasteiger partial charge is 0.348 e. The van der Waals surface area contributed by atoms with Crippen LogP contribution in [0.4, 0.5) is 5.69 Å². The minimum absolute atomic E-state index is 0.240. The first-order valence-electron chi connectivity index (χ1n) is 6.90. The minimum atomic E-state index is -0.604. The Morgan fingerprint density at radius 1 is 1.00 bits per heavy atom. The molecule has 5 heteroatoms. The third-order valence-electron chi connectivity index (χ3n) is 3.22. The molecule has 0 aliphatic carbocycles.